The van der Waals surface area contributed by atoms with Crippen molar-refractivity contribution in [1.29, 1.82) is 0 Å². The molecule has 1 aromatic heterocycles. The van der Waals surface area contributed by atoms with E-state index in [4.69, 9.17) is 4.52 Å². The lowest BCUT2D eigenvalue weighted by molar-refractivity contribution is -0.163. The van der Waals surface area contributed by atoms with E-state index in [0.717, 1.165) is 5.56 Å². The number of aliphatic carboxylic acids is 1. The normalized spacial score (nSPS) is 27.5. The van der Waals surface area contributed by atoms with Crippen LogP contribution in [-0.2, 0) is 15.0 Å². The molecular weight excluding hydrogens is 402 g/mol. The van der Waals surface area contributed by atoms with Crippen molar-refractivity contribution >= 4 is 29.3 Å². The van der Waals surface area contributed by atoms with Gasteiger partial charge in [0.2, 0.25) is 0 Å². The average molecular weight is 430 g/mol. The summed E-state index contributed by atoms with van der Waals surface area (Å²) in [6, 6.07) is 8.82. The number of amides is 1. The van der Waals surface area contributed by atoms with Gasteiger partial charge >= 0.3 is 5.97 Å². The summed E-state index contributed by atoms with van der Waals surface area (Å²) >= 11 is 1.51. The van der Waals surface area contributed by atoms with E-state index in [1.165, 1.54) is 16.7 Å². The molecule has 2 aliphatic rings. The van der Waals surface area contributed by atoms with E-state index < -0.39 is 22.3 Å². The maximum Gasteiger partial charge on any atom is 0.327 e. The maximum atomic E-state index is 13.2. The first kappa shape index (κ1) is 20.8. The van der Waals surface area contributed by atoms with E-state index in [9.17, 15) is 14.7 Å². The lowest BCUT2D eigenvalue weighted by Crippen LogP contribution is -2.75. The lowest BCUT2D eigenvalue weighted by Gasteiger charge is -2.51. The Hall–Kier alpha value is -2.48. The molecule has 8 heteroatoms. The average Bonchev–Trinajstić information content (AvgIpc) is 3.19. The van der Waals surface area contributed by atoms with Crippen LogP contribution in [0.15, 0.2) is 34.9 Å². The molecule has 0 aliphatic carbocycles. The number of carbonyl (C=O) groups is 2. The molecule has 2 aliphatic heterocycles. The van der Waals surface area contributed by atoms with Crippen LogP contribution in [0.3, 0.4) is 0 Å². The Morgan fingerprint density at radius 1 is 1.23 bits per heavy atom. The van der Waals surface area contributed by atoms with Crippen molar-refractivity contribution in [2.45, 2.75) is 68.7 Å². The summed E-state index contributed by atoms with van der Waals surface area (Å²) in [6.45, 7) is 11.7. The van der Waals surface area contributed by atoms with Gasteiger partial charge in [-0.05, 0) is 20.8 Å². The minimum Gasteiger partial charge on any atom is -0.480 e. The Bertz CT molecular complexity index is 1010. The second kappa shape index (κ2) is 6.51. The fourth-order valence-electron chi connectivity index (χ4n) is 4.31. The highest BCUT2D eigenvalue weighted by atomic mass is 32.2. The van der Waals surface area contributed by atoms with Crippen molar-refractivity contribution in [3.8, 4) is 11.3 Å². The summed E-state index contributed by atoms with van der Waals surface area (Å²) in [6.07, 6.45) is 0. The molecule has 3 heterocycles. The molecule has 2 fully saturated rings. The van der Waals surface area contributed by atoms with Crippen molar-refractivity contribution in [3.63, 3.8) is 0 Å². The van der Waals surface area contributed by atoms with Gasteiger partial charge in [0.15, 0.2) is 5.76 Å². The summed E-state index contributed by atoms with van der Waals surface area (Å²) in [5, 5.41) is 17.2. The lowest BCUT2D eigenvalue weighted by atomic mass is 9.84. The second-order valence-electron chi connectivity index (χ2n) is 9.71. The van der Waals surface area contributed by atoms with E-state index >= 15 is 0 Å². The number of nitrogens with one attached hydrogen (secondary N) is 1. The second-order valence-corrected chi connectivity index (χ2v) is 11.4. The van der Waals surface area contributed by atoms with Crippen LogP contribution in [0.2, 0.25) is 0 Å². The predicted octanol–water partition coefficient (Wildman–Crippen LogP) is 3.96. The van der Waals surface area contributed by atoms with Gasteiger partial charge < -0.3 is 19.8 Å². The van der Waals surface area contributed by atoms with Crippen LogP contribution in [0.5, 0.6) is 0 Å². The van der Waals surface area contributed by atoms with Crippen LogP contribution in [0, 0.1) is 0 Å². The fourth-order valence-corrected chi connectivity index (χ4v) is 5.95. The Morgan fingerprint density at radius 3 is 2.43 bits per heavy atom. The summed E-state index contributed by atoms with van der Waals surface area (Å²) in [5.74, 6) is -0.542. The van der Waals surface area contributed by atoms with E-state index in [1.54, 1.807) is 0 Å². The molecule has 0 saturated carbocycles. The Balaban J connectivity index is 1.76. The van der Waals surface area contributed by atoms with Gasteiger partial charge in [-0.1, -0.05) is 56.3 Å². The molecule has 7 nitrogen and oxygen atoms in total. The molecule has 1 aromatic carbocycles. The van der Waals surface area contributed by atoms with Gasteiger partial charge in [-0.25, -0.2) is 4.79 Å². The van der Waals surface area contributed by atoms with Crippen molar-refractivity contribution < 1.29 is 19.2 Å². The van der Waals surface area contributed by atoms with Crippen LogP contribution < -0.4 is 5.32 Å². The minimum absolute atomic E-state index is 0.224. The zero-order valence-electron chi connectivity index (χ0n) is 18.0. The van der Waals surface area contributed by atoms with Gasteiger partial charge in [0, 0.05) is 15.7 Å². The number of hydrogen-bond acceptors (Lipinski definition) is 6. The molecule has 160 valence electrons. The highest BCUT2D eigenvalue weighted by Gasteiger charge is 2.70. The van der Waals surface area contributed by atoms with Crippen LogP contribution >= 0.6 is 11.8 Å². The Labute approximate surface area is 180 Å². The highest BCUT2D eigenvalue weighted by Crippen LogP contribution is 2.56. The SMILES string of the molecule is CC(C)(C)c1onc(-c2ccccc2)c1N[C@@]1(C)C(=O)N2[C@@H](C(=O)O)C(C)(C)S[C@@H]21. The molecule has 0 bridgehead atoms. The quantitative estimate of drug-likeness (QED) is 0.710. The molecule has 3 atom stereocenters. The van der Waals surface area contributed by atoms with E-state index in [2.05, 4.69) is 10.5 Å². The molecule has 0 unspecified atom stereocenters. The fraction of sp³-hybridized carbons (Fsp3) is 0.500. The Morgan fingerprint density at radius 2 is 1.87 bits per heavy atom. The predicted molar refractivity (Wildman–Crippen MR) is 116 cm³/mol. The third-order valence-electron chi connectivity index (χ3n) is 5.82. The van der Waals surface area contributed by atoms with Gasteiger partial charge in [-0.3, -0.25) is 4.79 Å². The molecule has 2 saturated heterocycles. The molecule has 30 heavy (non-hydrogen) atoms. The van der Waals surface area contributed by atoms with E-state index in [0.29, 0.717) is 17.1 Å². The van der Waals surface area contributed by atoms with Crippen LogP contribution in [0.25, 0.3) is 11.3 Å². The van der Waals surface area contributed by atoms with Crippen LogP contribution in [-0.4, -0.2) is 48.7 Å². The first-order valence-electron chi connectivity index (χ1n) is 9.95. The monoisotopic (exact) mass is 429 g/mol. The maximum absolute atomic E-state index is 13.2. The van der Waals surface area contributed by atoms with Crippen molar-refractivity contribution in [2.24, 2.45) is 0 Å². The Kier molecular flexibility index (Phi) is 4.51. The highest BCUT2D eigenvalue weighted by molar-refractivity contribution is 8.01. The minimum atomic E-state index is -0.976. The molecule has 2 N–H and O–H groups in total. The number of anilines is 1. The number of β-lactam (4-membered cyclic amide) rings is 1. The molecular formula is C22H27N3O4S. The number of aromatic nitrogens is 1. The third kappa shape index (κ3) is 2.92. The number of hydrogen-bond donors (Lipinski definition) is 2. The molecule has 4 rings (SSSR count). The topological polar surface area (TPSA) is 95.7 Å². The third-order valence-corrected chi connectivity index (χ3v) is 7.57. The molecule has 0 spiro atoms. The summed E-state index contributed by atoms with van der Waals surface area (Å²) in [7, 11) is 0. The van der Waals surface area contributed by atoms with Gasteiger partial charge in [0.1, 0.15) is 28.3 Å². The molecule has 2 aromatic rings. The number of carbonyl (C=O) groups excluding carboxylic acids is 1. The van der Waals surface area contributed by atoms with Crippen molar-refractivity contribution in [1.82, 2.24) is 10.1 Å². The molecule has 0 radical (unpaired) electrons. The first-order valence-corrected chi connectivity index (χ1v) is 10.8. The van der Waals surface area contributed by atoms with Gasteiger partial charge in [0.25, 0.3) is 5.91 Å². The van der Waals surface area contributed by atoms with Crippen LogP contribution in [0.1, 0.15) is 47.3 Å². The van der Waals surface area contributed by atoms with Crippen molar-refractivity contribution in [2.75, 3.05) is 5.32 Å². The molecule has 1 amide bonds. The van der Waals surface area contributed by atoms with E-state index in [-0.39, 0.29) is 16.7 Å². The number of carboxylic acid groups (broad SMARTS) is 1. The number of nitrogens with zero attached hydrogens (tertiary/aromatic N) is 2. The first-order chi connectivity index (χ1) is 13.9. The smallest absolute Gasteiger partial charge is 0.327 e. The zero-order chi connectivity index (χ0) is 22.1. The van der Waals surface area contributed by atoms with Gasteiger partial charge in [-0.15, -0.1) is 11.8 Å². The summed E-state index contributed by atoms with van der Waals surface area (Å²) in [5.41, 5.74) is 0.915. The standard InChI is InChI=1S/C22H27N3O4S/c1-20(2,3)16-14(13(24-29-16)12-10-8-7-9-11-12)23-22(6)18(28)25-15(17(26)27)21(4,5)30-19(22)25/h7-11,15,19,23H,1-6H3,(H,26,27)/t15-,19+,22-/m0/s1. The van der Waals surface area contributed by atoms with Crippen LogP contribution in [0.4, 0.5) is 5.69 Å². The number of thioether (sulfide) groups is 1. The summed E-state index contributed by atoms with van der Waals surface area (Å²) in [4.78, 5) is 26.6. The number of rotatable bonds is 4. The number of carboxylic acids is 1. The van der Waals surface area contributed by atoms with Gasteiger partial charge in [0.05, 0.1) is 0 Å². The number of benzene rings is 1. The number of fused-ring (bicyclic) bond motifs is 1. The zero-order valence-corrected chi connectivity index (χ0v) is 18.8. The van der Waals surface area contributed by atoms with Crippen molar-refractivity contribution in [3.05, 3.63) is 36.1 Å². The van der Waals surface area contributed by atoms with Gasteiger partial charge in [-0.2, -0.15) is 0 Å². The van der Waals surface area contributed by atoms with E-state index in [1.807, 2.05) is 71.9 Å². The largest absolute Gasteiger partial charge is 0.480 e. The summed E-state index contributed by atoms with van der Waals surface area (Å²) < 4.78 is 5.15.